The molecule has 1 amide bonds. The second kappa shape index (κ2) is 24.1. The summed E-state index contributed by atoms with van der Waals surface area (Å²) in [5.74, 6) is 0.714. The monoisotopic (exact) mass is 758 g/mol. The summed E-state index contributed by atoms with van der Waals surface area (Å²) in [6.07, 6.45) is 22.7. The Bertz CT molecular complexity index is 1710. The highest BCUT2D eigenvalue weighted by Gasteiger charge is 2.18. The number of aromatic nitrogens is 1. The highest BCUT2D eigenvalue weighted by molar-refractivity contribution is 7.17. The third-order valence-corrected chi connectivity index (χ3v) is 11.8. The lowest BCUT2D eigenvalue weighted by Gasteiger charge is -2.36. The summed E-state index contributed by atoms with van der Waals surface area (Å²) in [6.45, 7) is 8.65. The predicted molar refractivity (Wildman–Crippen MR) is 227 cm³/mol. The van der Waals surface area contributed by atoms with Gasteiger partial charge in [0.15, 0.2) is 6.73 Å². The number of ether oxygens (including phenoxy) is 2. The number of hydrogen-bond acceptors (Lipinski definition) is 7. The molecule has 2 aromatic carbocycles. The molecule has 0 aliphatic carbocycles. The Morgan fingerprint density at radius 3 is 2.11 bits per heavy atom. The van der Waals surface area contributed by atoms with Crippen LogP contribution < -0.4 is 20.5 Å². The fraction of sp³-hybridized carbons (Fsp3) is 0.600. The summed E-state index contributed by atoms with van der Waals surface area (Å²) in [6, 6.07) is 18.0. The van der Waals surface area contributed by atoms with Gasteiger partial charge in [-0.1, -0.05) is 109 Å². The molecule has 3 heterocycles. The topological polar surface area (TPSA) is 76.0 Å². The molecule has 0 bridgehead atoms. The van der Waals surface area contributed by atoms with Gasteiger partial charge in [0.1, 0.15) is 5.75 Å². The van der Waals surface area contributed by atoms with E-state index in [9.17, 15) is 9.59 Å². The van der Waals surface area contributed by atoms with Crippen molar-refractivity contribution in [2.45, 2.75) is 129 Å². The molecular formula is C45H66N4O4S. The standard InChI is InChI=1S/C45H66N4O4S/c1-2-3-4-5-6-7-8-9-10-11-12-13-14-15-16-17-28-46-45(51)53-37-49-42-36-39(25-23-38(42)24-26-44(49)50)52-34-19-18-29-47-30-32-48(33-31-47)41-21-20-22-43-40(41)27-35-54-43/h20-27,35-36H,2-19,28-34,37H2,1H3,(H,46,51). The van der Waals surface area contributed by atoms with Crippen LogP contribution in [-0.4, -0.2) is 61.4 Å². The minimum absolute atomic E-state index is 0.139. The zero-order valence-corrected chi connectivity index (χ0v) is 33.9. The molecule has 2 aromatic heterocycles. The molecule has 296 valence electrons. The number of piperazine rings is 1. The van der Waals surface area contributed by atoms with E-state index < -0.39 is 6.09 Å². The van der Waals surface area contributed by atoms with Gasteiger partial charge < -0.3 is 19.7 Å². The largest absolute Gasteiger partial charge is 0.494 e. The van der Waals surface area contributed by atoms with Gasteiger partial charge in [-0.25, -0.2) is 4.79 Å². The van der Waals surface area contributed by atoms with Crippen LogP contribution in [-0.2, 0) is 11.5 Å². The van der Waals surface area contributed by atoms with Crippen molar-refractivity contribution in [2.24, 2.45) is 0 Å². The van der Waals surface area contributed by atoms with Crippen molar-refractivity contribution >= 4 is 44.1 Å². The molecule has 1 aliphatic heterocycles. The Labute approximate surface area is 328 Å². The average Bonchev–Trinajstić information content (AvgIpc) is 3.68. The van der Waals surface area contributed by atoms with Crippen molar-refractivity contribution in [3.8, 4) is 5.75 Å². The van der Waals surface area contributed by atoms with E-state index >= 15 is 0 Å². The van der Waals surface area contributed by atoms with Crippen molar-refractivity contribution in [3.05, 3.63) is 70.3 Å². The summed E-state index contributed by atoms with van der Waals surface area (Å²) >= 11 is 1.81. The summed E-state index contributed by atoms with van der Waals surface area (Å²) in [5.41, 5.74) is 1.84. The molecule has 0 radical (unpaired) electrons. The predicted octanol–water partition coefficient (Wildman–Crippen LogP) is 11.1. The number of amides is 1. The van der Waals surface area contributed by atoms with E-state index in [0.717, 1.165) is 63.8 Å². The Morgan fingerprint density at radius 2 is 1.41 bits per heavy atom. The number of alkyl carbamates (subject to hydrolysis) is 1. The molecular weight excluding hydrogens is 693 g/mol. The third kappa shape index (κ3) is 13.9. The molecule has 4 aromatic rings. The van der Waals surface area contributed by atoms with Crippen molar-refractivity contribution in [2.75, 3.05) is 50.8 Å². The number of fused-ring (bicyclic) bond motifs is 2. The quantitative estimate of drug-likeness (QED) is 0.0643. The first kappa shape index (κ1) is 41.6. The Kier molecular flexibility index (Phi) is 18.5. The SMILES string of the molecule is CCCCCCCCCCCCCCCCCCNC(=O)OCn1c(=O)ccc2ccc(OCCCCN3CCN(c4cccc5sccc45)CC3)cc21. The first-order valence-electron chi connectivity index (χ1n) is 21.2. The van der Waals surface area contributed by atoms with Gasteiger partial charge in [-0.15, -0.1) is 11.3 Å². The fourth-order valence-corrected chi connectivity index (χ4v) is 8.43. The summed E-state index contributed by atoms with van der Waals surface area (Å²) < 4.78 is 14.4. The van der Waals surface area contributed by atoms with Gasteiger partial charge in [-0.05, 0) is 73.0 Å². The van der Waals surface area contributed by atoms with Crippen LogP contribution in [0.4, 0.5) is 10.5 Å². The number of hydrogen-bond donors (Lipinski definition) is 1. The van der Waals surface area contributed by atoms with Crippen LogP contribution in [0.25, 0.3) is 21.0 Å². The van der Waals surface area contributed by atoms with E-state index in [0.29, 0.717) is 24.4 Å². The van der Waals surface area contributed by atoms with E-state index in [2.05, 4.69) is 51.7 Å². The number of carbonyl (C=O) groups excluding carboxylic acids is 1. The Hall–Kier alpha value is -3.56. The maximum Gasteiger partial charge on any atom is 0.408 e. The van der Waals surface area contributed by atoms with E-state index in [1.807, 2.05) is 29.5 Å². The minimum Gasteiger partial charge on any atom is -0.494 e. The van der Waals surface area contributed by atoms with Gasteiger partial charge in [0, 0.05) is 60.6 Å². The van der Waals surface area contributed by atoms with Crippen LogP contribution in [0.15, 0.2) is 64.8 Å². The number of unbranched alkanes of at least 4 members (excludes halogenated alkanes) is 16. The number of pyridine rings is 1. The van der Waals surface area contributed by atoms with Crippen molar-refractivity contribution in [1.82, 2.24) is 14.8 Å². The summed E-state index contributed by atoms with van der Waals surface area (Å²) in [4.78, 5) is 30.3. The van der Waals surface area contributed by atoms with Gasteiger partial charge in [0.25, 0.3) is 5.56 Å². The lowest BCUT2D eigenvalue weighted by atomic mass is 10.0. The van der Waals surface area contributed by atoms with E-state index in [1.54, 1.807) is 6.07 Å². The molecule has 9 heteroatoms. The number of nitrogens with one attached hydrogen (secondary N) is 1. The van der Waals surface area contributed by atoms with Gasteiger partial charge in [0.2, 0.25) is 0 Å². The first-order valence-corrected chi connectivity index (χ1v) is 22.1. The van der Waals surface area contributed by atoms with Crippen LogP contribution in [0.5, 0.6) is 5.75 Å². The second-order valence-corrected chi connectivity index (χ2v) is 16.1. The van der Waals surface area contributed by atoms with Crippen LogP contribution in [0.1, 0.15) is 122 Å². The van der Waals surface area contributed by atoms with Crippen LogP contribution in [0.3, 0.4) is 0 Å². The summed E-state index contributed by atoms with van der Waals surface area (Å²) in [5, 5.41) is 7.30. The molecule has 1 saturated heterocycles. The fourth-order valence-electron chi connectivity index (χ4n) is 7.62. The zero-order chi connectivity index (χ0) is 37.6. The third-order valence-electron chi connectivity index (χ3n) is 10.9. The maximum absolute atomic E-state index is 12.8. The molecule has 8 nitrogen and oxygen atoms in total. The number of carbonyl (C=O) groups is 1. The van der Waals surface area contributed by atoms with Crippen molar-refractivity contribution in [1.29, 1.82) is 0 Å². The Balaban J connectivity index is 0.902. The molecule has 0 spiro atoms. The normalized spacial score (nSPS) is 13.5. The molecule has 1 N–H and O–H groups in total. The van der Waals surface area contributed by atoms with Gasteiger partial charge >= 0.3 is 6.09 Å². The number of anilines is 1. The number of nitrogens with zero attached hydrogens (tertiary/aromatic N) is 3. The molecule has 1 aliphatic rings. The van der Waals surface area contributed by atoms with Crippen molar-refractivity contribution < 1.29 is 14.3 Å². The van der Waals surface area contributed by atoms with Crippen LogP contribution in [0, 0.1) is 0 Å². The van der Waals surface area contributed by atoms with Crippen LogP contribution in [0.2, 0.25) is 0 Å². The molecule has 0 saturated carbocycles. The van der Waals surface area contributed by atoms with E-state index in [-0.39, 0.29) is 12.3 Å². The highest BCUT2D eigenvalue weighted by Crippen LogP contribution is 2.31. The number of rotatable bonds is 26. The van der Waals surface area contributed by atoms with E-state index in [1.165, 1.54) is 116 Å². The lowest BCUT2D eigenvalue weighted by Crippen LogP contribution is -2.46. The smallest absolute Gasteiger partial charge is 0.408 e. The highest BCUT2D eigenvalue weighted by atomic mass is 32.1. The molecule has 0 unspecified atom stereocenters. The summed E-state index contributed by atoms with van der Waals surface area (Å²) in [7, 11) is 0. The molecule has 5 rings (SSSR count). The molecule has 54 heavy (non-hydrogen) atoms. The van der Waals surface area contributed by atoms with Crippen LogP contribution >= 0.6 is 11.3 Å². The Morgan fingerprint density at radius 1 is 0.741 bits per heavy atom. The number of thiophene rings is 1. The zero-order valence-electron chi connectivity index (χ0n) is 33.0. The van der Waals surface area contributed by atoms with E-state index in [4.69, 9.17) is 9.47 Å². The maximum atomic E-state index is 12.8. The van der Waals surface area contributed by atoms with Gasteiger partial charge in [-0.3, -0.25) is 14.3 Å². The minimum atomic E-state index is -0.492. The molecule has 0 atom stereocenters. The van der Waals surface area contributed by atoms with Crippen molar-refractivity contribution in [3.63, 3.8) is 0 Å². The average molecular weight is 759 g/mol. The second-order valence-electron chi connectivity index (χ2n) is 15.1. The lowest BCUT2D eigenvalue weighted by molar-refractivity contribution is 0.114. The van der Waals surface area contributed by atoms with Gasteiger partial charge in [0.05, 0.1) is 12.1 Å². The number of benzene rings is 2. The van der Waals surface area contributed by atoms with Gasteiger partial charge in [-0.2, -0.15) is 0 Å². The molecule has 1 fully saturated rings. The first-order chi connectivity index (χ1) is 26.6.